The Morgan fingerprint density at radius 1 is 1.22 bits per heavy atom. The second-order valence-corrected chi connectivity index (χ2v) is 11.8. The van der Waals surface area contributed by atoms with Gasteiger partial charge in [-0.15, -0.1) is 5.10 Å². The highest BCUT2D eigenvalue weighted by molar-refractivity contribution is 7.20. The maximum atomic E-state index is 11.6. The molecule has 0 saturated carbocycles. The molecule has 0 atom stereocenters. The maximum Gasteiger partial charge on any atom is 0.314 e. The number of amides is 2. The molecular weight excluding hydrogens is 506 g/mol. The molecule has 12 heteroatoms. The summed E-state index contributed by atoms with van der Waals surface area (Å²) in [5.41, 5.74) is 9.31. The van der Waals surface area contributed by atoms with E-state index >= 15 is 0 Å². The molecule has 3 aromatic heterocycles. The molecule has 0 aliphatic carbocycles. The van der Waals surface area contributed by atoms with Crippen molar-refractivity contribution in [3.05, 3.63) is 40.4 Å². The summed E-state index contributed by atoms with van der Waals surface area (Å²) in [5, 5.41) is 16.4. The monoisotopic (exact) mass is 533 g/mol. The summed E-state index contributed by atoms with van der Waals surface area (Å²) >= 11 is 2.94. The van der Waals surface area contributed by atoms with Crippen LogP contribution >= 0.6 is 22.7 Å². The molecule has 0 bridgehead atoms. The molecule has 1 aromatic carbocycles. The van der Waals surface area contributed by atoms with Crippen LogP contribution in [-0.2, 0) is 6.42 Å². The Labute approximate surface area is 222 Å². The van der Waals surface area contributed by atoms with Gasteiger partial charge in [-0.3, -0.25) is 0 Å². The summed E-state index contributed by atoms with van der Waals surface area (Å²) in [5.74, 6) is 0.865. The number of rotatable bonds is 5. The highest BCUT2D eigenvalue weighted by Crippen LogP contribution is 2.44. The van der Waals surface area contributed by atoms with Crippen LogP contribution in [0.2, 0.25) is 0 Å². The Hall–Kier alpha value is -3.69. The number of nitrogens with zero attached hydrogens (tertiary/aromatic N) is 8. The summed E-state index contributed by atoms with van der Waals surface area (Å²) in [6, 6.07) is 10.0. The Morgan fingerprint density at radius 2 is 1.97 bits per heavy atom. The topological polar surface area (TPSA) is 120 Å². The molecule has 2 amide bonds. The average Bonchev–Trinajstić information content (AvgIpc) is 3.63. The van der Waals surface area contributed by atoms with Crippen molar-refractivity contribution in [2.45, 2.75) is 26.7 Å². The lowest BCUT2D eigenvalue weighted by Crippen LogP contribution is -2.58. The number of primary amides is 1. The van der Waals surface area contributed by atoms with Gasteiger partial charge in [-0.1, -0.05) is 59.4 Å². The van der Waals surface area contributed by atoms with Gasteiger partial charge in [0.15, 0.2) is 10.9 Å². The fraction of sp³-hybridized carbons (Fsp3) is 0.400. The van der Waals surface area contributed by atoms with E-state index in [1.165, 1.54) is 11.3 Å². The van der Waals surface area contributed by atoms with Crippen LogP contribution in [0.3, 0.4) is 0 Å². The largest absolute Gasteiger partial charge is 0.351 e. The molecule has 2 aliphatic rings. The number of hydrogen-bond donors (Lipinski definition) is 1. The quantitative estimate of drug-likeness (QED) is 0.411. The Balaban J connectivity index is 1.30. The zero-order chi connectivity index (χ0) is 25.9. The number of carbonyl (C=O) groups is 1. The van der Waals surface area contributed by atoms with Crippen molar-refractivity contribution in [2.24, 2.45) is 11.1 Å². The number of urea groups is 1. The average molecular weight is 534 g/mol. The van der Waals surface area contributed by atoms with Crippen LogP contribution < -0.4 is 15.5 Å². The van der Waals surface area contributed by atoms with Crippen LogP contribution in [0, 0.1) is 23.7 Å². The maximum absolute atomic E-state index is 11.6. The number of fused-ring (bicyclic) bond motifs is 1. The number of nitrogens with two attached hydrogens (primary N) is 1. The number of anilines is 3. The van der Waals surface area contributed by atoms with E-state index in [1.807, 2.05) is 47.7 Å². The second-order valence-electron chi connectivity index (χ2n) is 9.89. The van der Waals surface area contributed by atoms with Gasteiger partial charge in [0, 0.05) is 44.2 Å². The number of benzene rings is 1. The third kappa shape index (κ3) is 3.89. The summed E-state index contributed by atoms with van der Waals surface area (Å²) in [6.45, 7) is 7.27. The number of imidazole rings is 1. The third-order valence-corrected chi connectivity index (χ3v) is 9.30. The molecule has 37 heavy (non-hydrogen) atoms. The van der Waals surface area contributed by atoms with Crippen molar-refractivity contribution >= 4 is 49.7 Å². The molecule has 0 radical (unpaired) electrons. The summed E-state index contributed by atoms with van der Waals surface area (Å²) < 4.78 is 1.90. The van der Waals surface area contributed by atoms with Crippen molar-refractivity contribution in [1.29, 1.82) is 5.26 Å². The fourth-order valence-electron chi connectivity index (χ4n) is 5.28. The first kappa shape index (κ1) is 23.7. The number of likely N-dealkylation sites (tertiary alicyclic amines) is 1. The van der Waals surface area contributed by atoms with E-state index < -0.39 is 0 Å². The van der Waals surface area contributed by atoms with Crippen LogP contribution in [0.5, 0.6) is 0 Å². The molecule has 2 fully saturated rings. The van der Waals surface area contributed by atoms with E-state index in [4.69, 9.17) is 20.8 Å². The van der Waals surface area contributed by atoms with E-state index in [1.54, 1.807) is 16.2 Å². The first-order valence-electron chi connectivity index (χ1n) is 12.2. The molecule has 1 spiro atoms. The van der Waals surface area contributed by atoms with Crippen molar-refractivity contribution in [2.75, 3.05) is 43.0 Å². The van der Waals surface area contributed by atoms with Crippen molar-refractivity contribution in [3.8, 4) is 17.3 Å². The Kier molecular flexibility index (Phi) is 5.58. The molecule has 2 saturated heterocycles. The minimum Gasteiger partial charge on any atom is -0.351 e. The molecule has 10 nitrogen and oxygen atoms in total. The third-order valence-electron chi connectivity index (χ3n) is 7.29. The van der Waals surface area contributed by atoms with Crippen molar-refractivity contribution in [3.63, 3.8) is 0 Å². The number of carbonyl (C=O) groups excluding carboxylic acids is 1. The number of thiazole rings is 1. The van der Waals surface area contributed by atoms with Crippen LogP contribution in [0.1, 0.15) is 29.5 Å². The molecule has 2 N–H and O–H groups in total. The lowest BCUT2D eigenvalue weighted by molar-refractivity contribution is 0.193. The first-order valence-corrected chi connectivity index (χ1v) is 13.8. The van der Waals surface area contributed by atoms with Crippen LogP contribution in [0.15, 0.2) is 24.3 Å². The number of aryl methyl sites for hydroxylation is 2. The molecule has 4 aromatic rings. The predicted molar refractivity (Wildman–Crippen MR) is 146 cm³/mol. The van der Waals surface area contributed by atoms with Gasteiger partial charge < -0.3 is 20.4 Å². The summed E-state index contributed by atoms with van der Waals surface area (Å²) in [4.78, 5) is 28.7. The summed E-state index contributed by atoms with van der Waals surface area (Å²) in [7, 11) is 1.95. The van der Waals surface area contributed by atoms with Gasteiger partial charge in [0.2, 0.25) is 10.1 Å². The van der Waals surface area contributed by atoms with Gasteiger partial charge in [0.1, 0.15) is 16.6 Å². The van der Waals surface area contributed by atoms with E-state index in [2.05, 4.69) is 17.9 Å². The van der Waals surface area contributed by atoms with E-state index in [-0.39, 0.29) is 11.4 Å². The molecule has 6 rings (SSSR count). The van der Waals surface area contributed by atoms with Crippen LogP contribution in [-0.4, -0.2) is 63.7 Å². The van der Waals surface area contributed by atoms with Gasteiger partial charge >= 0.3 is 6.03 Å². The van der Waals surface area contributed by atoms with E-state index in [9.17, 15) is 10.1 Å². The zero-order valence-electron chi connectivity index (χ0n) is 20.9. The minimum absolute atomic E-state index is 0.109. The molecule has 0 unspecified atom stereocenters. The highest BCUT2D eigenvalue weighted by Gasteiger charge is 2.49. The number of nitriles is 1. The van der Waals surface area contributed by atoms with Crippen molar-refractivity contribution in [1.82, 2.24) is 24.5 Å². The van der Waals surface area contributed by atoms with Crippen molar-refractivity contribution < 1.29 is 4.79 Å². The molecule has 5 heterocycles. The second kappa shape index (κ2) is 8.71. The molecular formula is C25H27N9OS2. The number of aromatic nitrogens is 4. The molecule has 2 aliphatic heterocycles. The van der Waals surface area contributed by atoms with Gasteiger partial charge in [0.05, 0.1) is 5.69 Å². The van der Waals surface area contributed by atoms with Gasteiger partial charge in [-0.2, -0.15) is 9.78 Å². The van der Waals surface area contributed by atoms with Gasteiger partial charge in [0.25, 0.3) is 0 Å². The van der Waals surface area contributed by atoms with Gasteiger partial charge in [-0.25, -0.2) is 14.8 Å². The van der Waals surface area contributed by atoms with Gasteiger partial charge in [-0.05, 0) is 19.8 Å². The Bertz CT molecular complexity index is 1540. The van der Waals surface area contributed by atoms with Crippen LogP contribution in [0.4, 0.5) is 20.9 Å². The normalized spacial score (nSPS) is 16.4. The standard InChI is InChI=1S/C25H27N9OS2/c1-4-17-20(31(3)22-29-19(18(11-26)36-22)16-7-5-15(2)6-8-16)34-23(28-17)37-24(30-34)33-13-25(14-33)9-10-32(12-25)21(27)35/h5-8H,4,9-10,12-14H2,1-3H3,(H2,27,35). The Morgan fingerprint density at radius 3 is 2.62 bits per heavy atom. The predicted octanol–water partition coefficient (Wildman–Crippen LogP) is 4.02. The lowest BCUT2D eigenvalue weighted by atomic mass is 9.79. The fourth-order valence-corrected chi connectivity index (χ4v) is 7.04. The minimum atomic E-state index is -0.338. The van der Waals surface area contributed by atoms with E-state index in [0.717, 1.165) is 70.3 Å². The smallest absolute Gasteiger partial charge is 0.314 e. The zero-order valence-corrected chi connectivity index (χ0v) is 22.6. The SMILES string of the molecule is CCc1nc2sc(N3CC4(CCN(C(N)=O)C4)C3)nn2c1N(C)c1nc(-c2ccc(C)cc2)c(C#N)s1. The lowest BCUT2D eigenvalue weighted by Gasteiger charge is -2.47. The highest BCUT2D eigenvalue weighted by atomic mass is 32.1. The van der Waals surface area contributed by atoms with Crippen LogP contribution in [0.25, 0.3) is 16.2 Å². The first-order chi connectivity index (χ1) is 17.8. The summed E-state index contributed by atoms with van der Waals surface area (Å²) in [6.07, 6.45) is 1.72. The number of hydrogen-bond acceptors (Lipinski definition) is 9. The van der Waals surface area contributed by atoms with E-state index in [0.29, 0.717) is 17.1 Å². The molecule has 190 valence electrons.